The molecule has 178 valence electrons. The Hall–Kier alpha value is -0.240. The Labute approximate surface area is 184 Å². The molecule has 1 N–H and O–H groups in total. The second-order valence-electron chi connectivity index (χ2n) is 6.28. The Balaban J connectivity index is 2.03. The van der Waals surface area contributed by atoms with Gasteiger partial charge < -0.3 is 44.9 Å². The molecule has 0 aromatic carbocycles. The third kappa shape index (κ3) is 6.01. The van der Waals surface area contributed by atoms with E-state index in [1.165, 1.54) is 13.1 Å². The number of hydrogen-bond donors (Lipinski definition) is 1. The topological polar surface area (TPSA) is 172 Å². The van der Waals surface area contributed by atoms with Crippen LogP contribution in [-0.4, -0.2) is 34.8 Å². The van der Waals surface area contributed by atoms with Gasteiger partial charge in [-0.15, -0.1) is 0 Å². The molecule has 12 nitrogen and oxygen atoms in total. The quantitative estimate of drug-likeness (QED) is 0.341. The molecule has 0 radical (unpaired) electrons. The number of nitrogens with one attached hydrogen (secondary N) is 1. The molecule has 3 unspecified atom stereocenters. The van der Waals surface area contributed by atoms with Crippen molar-refractivity contribution in [3.63, 3.8) is 0 Å². The van der Waals surface area contributed by atoms with Gasteiger partial charge in [0.2, 0.25) is 15.2 Å². The van der Waals surface area contributed by atoms with E-state index >= 15 is 0 Å². The summed E-state index contributed by atoms with van der Waals surface area (Å²) in [5.74, 6) is 0. The zero-order chi connectivity index (χ0) is 23.8. The van der Waals surface area contributed by atoms with Crippen molar-refractivity contribution in [3.8, 4) is 0 Å². The van der Waals surface area contributed by atoms with Crippen LogP contribution < -0.4 is 21.0 Å². The lowest BCUT2D eigenvalue weighted by molar-refractivity contribution is -0.231. The van der Waals surface area contributed by atoms with E-state index in [0.717, 1.165) is 4.57 Å². The largest absolute Gasteiger partial charge is 0.774 e. The van der Waals surface area contributed by atoms with Crippen LogP contribution in [0.2, 0.25) is 0 Å². The van der Waals surface area contributed by atoms with Gasteiger partial charge in [-0.05, 0) is 19.8 Å². The Morgan fingerprint density at radius 1 is 1.35 bits per heavy atom. The van der Waals surface area contributed by atoms with Crippen molar-refractivity contribution >= 4 is 44.9 Å². The van der Waals surface area contributed by atoms with E-state index < -0.39 is 56.5 Å². The number of hydrogen-bond acceptors (Lipinski definition) is 12. The minimum absolute atomic E-state index is 0.260. The molecule has 0 bridgehead atoms. The van der Waals surface area contributed by atoms with Crippen molar-refractivity contribution in [2.75, 3.05) is 13.7 Å². The lowest BCUT2D eigenvalue weighted by atomic mass is 10.2. The fourth-order valence-corrected chi connectivity index (χ4v) is 8.37. The smallest absolute Gasteiger partial charge is 0.368 e. The lowest BCUT2D eigenvalue weighted by Crippen LogP contribution is -2.33. The second kappa shape index (κ2) is 9.55. The van der Waals surface area contributed by atoms with E-state index in [4.69, 9.17) is 9.26 Å². The fourth-order valence-electron chi connectivity index (χ4n) is 2.45. The molecule has 0 spiro atoms. The lowest BCUT2D eigenvalue weighted by Gasteiger charge is -2.42. The normalized spacial score (nSPS) is 25.5. The van der Waals surface area contributed by atoms with Crippen molar-refractivity contribution < 1.29 is 45.8 Å². The monoisotopic (exact) mass is 543 g/mol. The highest BCUT2D eigenvalue weighted by molar-refractivity contribution is 8.52. The van der Waals surface area contributed by atoms with Crippen molar-refractivity contribution in [2.45, 2.75) is 37.5 Å². The highest BCUT2D eigenvalue weighted by Crippen LogP contribution is 2.75. The van der Waals surface area contributed by atoms with Crippen LogP contribution in [0, 0.1) is 6.92 Å². The summed E-state index contributed by atoms with van der Waals surface area (Å²) >= 11 is 9.24. The summed E-state index contributed by atoms with van der Waals surface area (Å²) in [6, 6.07) is 0. The van der Waals surface area contributed by atoms with E-state index in [1.807, 2.05) is 0 Å². The van der Waals surface area contributed by atoms with Gasteiger partial charge in [-0.2, -0.15) is 8.78 Å². The molecule has 1 saturated heterocycles. The minimum atomic E-state index is -6.48. The van der Waals surface area contributed by atoms with Crippen LogP contribution in [0.5, 0.6) is 0 Å². The zero-order valence-corrected chi connectivity index (χ0v) is 20.1. The number of ether oxygens (including phenoxy) is 1. The summed E-state index contributed by atoms with van der Waals surface area (Å²) in [5, 5.41) is -5.42. The number of halogens is 2. The summed E-state index contributed by atoms with van der Waals surface area (Å²) in [7, 11) is -12.3. The SMILES string of the molecule is COP(=O)([O-])C(F)(F)P(=O)([O-])OP(=S)([S-])OC[C@@H]1CC[C@H](n2cc(C)c(=O)[nH]c2=O)O1. The maximum absolute atomic E-state index is 13.8. The molecule has 31 heavy (non-hydrogen) atoms. The average molecular weight is 543 g/mol. The number of H-pyrrole nitrogens is 1. The number of aromatic nitrogens is 2. The zero-order valence-electron chi connectivity index (χ0n) is 15.8. The first-order valence-electron chi connectivity index (χ1n) is 8.23. The van der Waals surface area contributed by atoms with Gasteiger partial charge in [0.1, 0.15) is 6.23 Å². The molecule has 1 aliphatic heterocycles. The van der Waals surface area contributed by atoms with Gasteiger partial charge in [0, 0.05) is 18.9 Å². The van der Waals surface area contributed by atoms with E-state index in [9.17, 15) is 37.3 Å². The number of nitrogens with zero attached hydrogens (tertiary/aromatic N) is 1. The van der Waals surface area contributed by atoms with Crippen LogP contribution >= 0.6 is 20.9 Å². The van der Waals surface area contributed by atoms with Crippen molar-refractivity contribution in [3.05, 3.63) is 32.6 Å². The van der Waals surface area contributed by atoms with Crippen molar-refractivity contribution in [2.24, 2.45) is 0 Å². The molecule has 1 fully saturated rings. The van der Waals surface area contributed by atoms with Crippen molar-refractivity contribution in [1.82, 2.24) is 9.55 Å². The molecule has 1 aromatic heterocycles. The van der Waals surface area contributed by atoms with Crippen LogP contribution in [0.25, 0.3) is 0 Å². The molecule has 0 saturated carbocycles. The van der Waals surface area contributed by atoms with Gasteiger partial charge in [0.25, 0.3) is 5.56 Å². The molecule has 0 amide bonds. The molecule has 1 aromatic rings. The Morgan fingerprint density at radius 2 is 1.97 bits per heavy atom. The second-order valence-corrected chi connectivity index (χ2v) is 15.5. The van der Waals surface area contributed by atoms with Gasteiger partial charge in [0.15, 0.2) is 0 Å². The van der Waals surface area contributed by atoms with Crippen LogP contribution in [0.15, 0.2) is 15.8 Å². The van der Waals surface area contributed by atoms with Crippen LogP contribution in [0.1, 0.15) is 24.6 Å². The molecule has 0 aliphatic carbocycles. The summed E-state index contributed by atoms with van der Waals surface area (Å²) in [6.45, 7) is 1.01. The molecule has 19 heteroatoms. The van der Waals surface area contributed by atoms with E-state index in [-0.39, 0.29) is 12.0 Å². The molecule has 2 rings (SSSR count). The molecule has 1 aliphatic rings. The number of alkyl halides is 2. The van der Waals surface area contributed by atoms with Gasteiger partial charge >= 0.3 is 11.1 Å². The van der Waals surface area contributed by atoms with Crippen LogP contribution in [0.4, 0.5) is 8.78 Å². The van der Waals surface area contributed by atoms with E-state index in [0.29, 0.717) is 13.5 Å². The number of aromatic amines is 1. The Bertz CT molecular complexity index is 1100. The third-order valence-corrected chi connectivity index (χ3v) is 11.3. The first-order chi connectivity index (χ1) is 14.0. The van der Waals surface area contributed by atoms with Gasteiger partial charge in [-0.25, -0.2) is 4.79 Å². The molecule has 5 atom stereocenters. The predicted molar refractivity (Wildman–Crippen MR) is 105 cm³/mol. The third-order valence-electron chi connectivity index (χ3n) is 4.07. The molecular weight excluding hydrogens is 527 g/mol. The van der Waals surface area contributed by atoms with Gasteiger partial charge in [-0.1, -0.05) is 11.8 Å². The number of aryl methyl sites for hydroxylation is 1. The predicted octanol–water partition coefficient (Wildman–Crippen LogP) is 0.631. The Kier molecular flexibility index (Phi) is 8.32. The highest BCUT2D eigenvalue weighted by atomic mass is 32.9. The standard InChI is InChI=1S/C12H19F2N2O10P3S2/c1-7-5-16(11(18)15-10(7)17)9-4-3-8(25-9)6-24-29(30,31)26-28(21,22)12(13,14)27(19,20)23-2/h5,8-9H,3-4,6H2,1-2H3,(H,19,20)(H,21,22)(H,30,31)(H,15,17,18)/p-3/t8-,9+/m0/s1. The van der Waals surface area contributed by atoms with E-state index in [2.05, 4.69) is 37.9 Å². The van der Waals surface area contributed by atoms with Gasteiger partial charge in [0.05, 0.1) is 18.4 Å². The van der Waals surface area contributed by atoms with Gasteiger partial charge in [-0.3, -0.25) is 18.7 Å². The summed E-state index contributed by atoms with van der Waals surface area (Å²) in [4.78, 5) is 48.4. The first-order valence-corrected chi connectivity index (χ1v) is 15.0. The van der Waals surface area contributed by atoms with E-state index in [1.54, 1.807) is 0 Å². The summed E-state index contributed by atoms with van der Waals surface area (Å²) < 4.78 is 69.8. The van der Waals surface area contributed by atoms with Crippen molar-refractivity contribution in [1.29, 1.82) is 0 Å². The average Bonchev–Trinajstić information content (AvgIpc) is 3.11. The molecule has 2 heterocycles. The maximum atomic E-state index is 13.8. The maximum Gasteiger partial charge on any atom is 0.368 e. The Morgan fingerprint density at radius 3 is 2.55 bits per heavy atom. The fraction of sp³-hybridized carbons (Fsp3) is 0.667. The first kappa shape index (κ1) is 27.0. The number of rotatable bonds is 9. The van der Waals surface area contributed by atoms with Crippen LogP contribution in [0.3, 0.4) is 0 Å². The van der Waals surface area contributed by atoms with Crippen LogP contribution in [-0.2, 0) is 51.3 Å². The molecular formula is C12H16F2N2O10P3S2-3. The summed E-state index contributed by atoms with van der Waals surface area (Å²) in [6.07, 6.45) is 0.316. The summed E-state index contributed by atoms with van der Waals surface area (Å²) in [5.41, 5.74) is -5.32. The minimum Gasteiger partial charge on any atom is -0.774 e. The highest BCUT2D eigenvalue weighted by Gasteiger charge is 2.54.